The third-order valence-corrected chi connectivity index (χ3v) is 7.99. The predicted molar refractivity (Wildman–Crippen MR) is 209 cm³/mol. The maximum Gasteiger partial charge on any atom is 0.514 e. The number of non-ortho nitro benzene ring substituents is 1. The van der Waals surface area contributed by atoms with Crippen molar-refractivity contribution in [2.75, 3.05) is 43.5 Å². The monoisotopic (exact) mass is 856 g/mol. The average molecular weight is 857 g/mol. The summed E-state index contributed by atoms with van der Waals surface area (Å²) >= 11 is 0. The molecular weight excluding hydrogens is 812 g/mol. The Labute approximate surface area is 346 Å². The number of phenolic OH excluding ortho intramolecular Hbond substituents is 1. The number of nitro benzene ring substituents is 1. The highest BCUT2D eigenvalue weighted by atomic mass is 16.7. The van der Waals surface area contributed by atoms with Crippen LogP contribution in [0.4, 0.5) is 21.9 Å². The van der Waals surface area contributed by atoms with Gasteiger partial charge in [-0.2, -0.15) is 0 Å². The average Bonchev–Trinajstić information content (AvgIpc) is 3.22. The Morgan fingerprint density at radius 3 is 2.15 bits per heavy atom. The molecule has 0 aliphatic rings. The molecule has 0 aliphatic heterocycles. The van der Waals surface area contributed by atoms with Gasteiger partial charge in [0, 0.05) is 56.1 Å². The third kappa shape index (κ3) is 17.1. The molecule has 0 spiro atoms. The second kappa shape index (κ2) is 24.4. The number of carbonyl (C=O) groups excluding carboxylic acids is 6. The van der Waals surface area contributed by atoms with Gasteiger partial charge in [-0.25, -0.2) is 4.79 Å². The zero-order chi connectivity index (χ0) is 44.9. The van der Waals surface area contributed by atoms with Crippen LogP contribution in [0.15, 0.2) is 54.6 Å². The van der Waals surface area contributed by atoms with E-state index in [-0.39, 0.29) is 80.7 Å². The first-order chi connectivity index (χ1) is 29.1. The molecule has 0 fully saturated rings. The number of benzene rings is 3. The molecule has 0 radical (unpaired) electrons. The zero-order valence-corrected chi connectivity index (χ0v) is 32.6. The molecule has 0 saturated heterocycles. The van der Waals surface area contributed by atoms with Crippen LogP contribution in [0.25, 0.3) is 0 Å². The van der Waals surface area contributed by atoms with Crippen molar-refractivity contribution in [1.29, 1.82) is 0 Å². The van der Waals surface area contributed by atoms with Crippen molar-refractivity contribution in [2.45, 2.75) is 51.9 Å². The van der Waals surface area contributed by atoms with Crippen molar-refractivity contribution in [3.63, 3.8) is 0 Å². The molecule has 23 nitrogen and oxygen atoms in total. The smallest absolute Gasteiger partial charge is 0.504 e. The topological polar surface area (TPSA) is 341 Å². The molecule has 328 valence electrons. The number of carboxylic acids is 1. The summed E-state index contributed by atoms with van der Waals surface area (Å²) in [5.41, 5.74) is 0.409. The Kier molecular flexibility index (Phi) is 19.1. The van der Waals surface area contributed by atoms with Gasteiger partial charge in [0.1, 0.15) is 36.4 Å². The largest absolute Gasteiger partial charge is 0.514 e. The minimum absolute atomic E-state index is 0.00342. The van der Waals surface area contributed by atoms with Gasteiger partial charge in [-0.3, -0.25) is 38.9 Å². The number of carbonyl (C=O) groups is 7. The molecule has 61 heavy (non-hydrogen) atoms. The predicted octanol–water partition coefficient (Wildman–Crippen LogP) is 1.57. The van der Waals surface area contributed by atoms with Gasteiger partial charge in [-0.1, -0.05) is 12.1 Å². The number of aromatic hydroxyl groups is 2. The van der Waals surface area contributed by atoms with Crippen molar-refractivity contribution in [3.05, 3.63) is 75.8 Å². The summed E-state index contributed by atoms with van der Waals surface area (Å²) in [4.78, 5) is 95.0. The number of ether oxygens (including phenoxy) is 4. The van der Waals surface area contributed by atoms with Crippen LogP contribution in [0.1, 0.15) is 43.7 Å². The molecule has 23 heteroatoms. The van der Waals surface area contributed by atoms with E-state index >= 15 is 0 Å². The molecule has 0 saturated carbocycles. The Morgan fingerprint density at radius 2 is 1.51 bits per heavy atom. The SMILES string of the molecule is CC(=O)Nc1c(OCCOCCNC(=O)CCC(=O)NC(CCC(=O)O)C(=O)NCC(=O)Nc2ccc(COC(=O)Oc3ccc([N+](=O)[O-])cc3)cc2)cc(CO)c(O)c1O. The zero-order valence-electron chi connectivity index (χ0n) is 32.6. The molecule has 5 amide bonds. The highest BCUT2D eigenvalue weighted by Crippen LogP contribution is 2.43. The number of aliphatic carboxylic acids is 1. The normalized spacial score (nSPS) is 11.0. The number of aliphatic hydroxyl groups is 1. The van der Waals surface area contributed by atoms with Crippen LogP contribution < -0.4 is 36.1 Å². The van der Waals surface area contributed by atoms with Crippen LogP contribution in [0.3, 0.4) is 0 Å². The second-order valence-electron chi connectivity index (χ2n) is 12.7. The van der Waals surface area contributed by atoms with Crippen LogP contribution in [0.5, 0.6) is 23.0 Å². The molecule has 1 unspecified atom stereocenters. The summed E-state index contributed by atoms with van der Waals surface area (Å²) in [5.74, 6) is -5.85. The third-order valence-electron chi connectivity index (χ3n) is 7.99. The lowest BCUT2D eigenvalue weighted by Gasteiger charge is -2.18. The number of carboxylic acid groups (broad SMARTS) is 1. The van der Waals surface area contributed by atoms with Gasteiger partial charge in [0.2, 0.25) is 29.5 Å². The van der Waals surface area contributed by atoms with Gasteiger partial charge in [0.25, 0.3) is 5.69 Å². The van der Waals surface area contributed by atoms with Crippen molar-refractivity contribution in [2.24, 2.45) is 0 Å². The maximum atomic E-state index is 12.8. The first-order valence-corrected chi connectivity index (χ1v) is 18.3. The summed E-state index contributed by atoms with van der Waals surface area (Å²) < 4.78 is 20.9. The number of nitro groups is 1. The standard InChI is InChI=1S/C38H44N6O17/c1-22(46)41-34-29(18-24(20-45)35(52)36(34)53)59-17-16-58-15-14-39-30(47)11-12-31(48)43-28(10-13-33(50)51)37(54)40-19-32(49)42-25-4-2-23(3-5-25)21-60-38(55)61-27-8-6-26(7-9-27)44(56)57/h2-9,18,28,45,52-53H,10-17,19-21H2,1H3,(H,39,47)(H,40,54)(H,41,46)(H,42,49)(H,43,48)(H,50,51). The van der Waals surface area contributed by atoms with E-state index in [4.69, 9.17) is 24.1 Å². The molecule has 3 rings (SSSR count). The quantitative estimate of drug-likeness (QED) is 0.0154. The molecule has 0 bridgehead atoms. The molecular formula is C38H44N6O17. The van der Waals surface area contributed by atoms with E-state index in [9.17, 15) is 59.0 Å². The van der Waals surface area contributed by atoms with Gasteiger partial charge in [0.05, 0.1) is 31.3 Å². The number of hydrogen-bond acceptors (Lipinski definition) is 16. The first kappa shape index (κ1) is 47.8. The maximum absolute atomic E-state index is 12.8. The Bertz CT molecular complexity index is 2040. The lowest BCUT2D eigenvalue weighted by atomic mass is 10.1. The fraction of sp³-hybridized carbons (Fsp3) is 0.342. The van der Waals surface area contributed by atoms with E-state index in [0.717, 1.165) is 12.1 Å². The molecule has 0 aromatic heterocycles. The summed E-state index contributed by atoms with van der Waals surface area (Å²) in [6.07, 6.45) is -2.49. The minimum atomic E-state index is -1.34. The van der Waals surface area contributed by atoms with Crippen LogP contribution >= 0.6 is 0 Å². The van der Waals surface area contributed by atoms with E-state index in [2.05, 4.69) is 26.6 Å². The fourth-order valence-electron chi connectivity index (χ4n) is 4.99. The minimum Gasteiger partial charge on any atom is -0.504 e. The van der Waals surface area contributed by atoms with Crippen molar-refractivity contribution >= 4 is 58.7 Å². The van der Waals surface area contributed by atoms with Gasteiger partial charge >= 0.3 is 12.1 Å². The molecule has 0 aliphatic carbocycles. The molecule has 9 N–H and O–H groups in total. The van der Waals surface area contributed by atoms with Crippen molar-refractivity contribution < 1.29 is 77.9 Å². The number of amides is 5. The van der Waals surface area contributed by atoms with Crippen LogP contribution in [0.2, 0.25) is 0 Å². The van der Waals surface area contributed by atoms with Gasteiger partial charge in [-0.05, 0) is 42.3 Å². The Balaban J connectivity index is 1.35. The number of phenols is 2. The lowest BCUT2D eigenvalue weighted by Crippen LogP contribution is -2.48. The highest BCUT2D eigenvalue weighted by molar-refractivity contribution is 5.96. The Morgan fingerprint density at radius 1 is 0.820 bits per heavy atom. The second-order valence-corrected chi connectivity index (χ2v) is 12.7. The Hall–Kier alpha value is -7.53. The molecule has 3 aromatic carbocycles. The number of anilines is 2. The number of nitrogens with one attached hydrogen (secondary N) is 5. The van der Waals surface area contributed by atoms with Crippen LogP contribution in [0, 0.1) is 10.1 Å². The van der Waals surface area contributed by atoms with E-state index < -0.39 is 83.7 Å². The summed E-state index contributed by atoms with van der Waals surface area (Å²) in [7, 11) is 0. The molecule has 3 aromatic rings. The van der Waals surface area contributed by atoms with Crippen molar-refractivity contribution in [1.82, 2.24) is 16.0 Å². The van der Waals surface area contributed by atoms with E-state index in [1.807, 2.05) is 0 Å². The van der Waals surface area contributed by atoms with Crippen LogP contribution in [-0.4, -0.2) is 106 Å². The van der Waals surface area contributed by atoms with Gasteiger partial charge in [-0.15, -0.1) is 0 Å². The van der Waals surface area contributed by atoms with Crippen molar-refractivity contribution in [3.8, 4) is 23.0 Å². The molecule has 0 heterocycles. The summed E-state index contributed by atoms with van der Waals surface area (Å²) in [6.45, 7) is -0.193. The number of aliphatic hydroxyl groups excluding tert-OH is 1. The van der Waals surface area contributed by atoms with E-state index in [1.165, 1.54) is 49.4 Å². The van der Waals surface area contributed by atoms with E-state index in [0.29, 0.717) is 11.3 Å². The van der Waals surface area contributed by atoms with E-state index in [1.54, 1.807) is 0 Å². The lowest BCUT2D eigenvalue weighted by molar-refractivity contribution is -0.384. The first-order valence-electron chi connectivity index (χ1n) is 18.3. The van der Waals surface area contributed by atoms with Crippen LogP contribution in [-0.2, 0) is 51.5 Å². The summed E-state index contributed by atoms with van der Waals surface area (Å²) in [6, 6.07) is 10.7. The molecule has 1 atom stereocenters. The van der Waals surface area contributed by atoms with Gasteiger partial charge < -0.3 is 66.0 Å². The van der Waals surface area contributed by atoms with Gasteiger partial charge in [0.15, 0.2) is 11.5 Å². The number of rotatable bonds is 24. The highest BCUT2D eigenvalue weighted by Gasteiger charge is 2.23. The number of hydrogen-bond donors (Lipinski definition) is 9. The number of nitrogens with zero attached hydrogens (tertiary/aromatic N) is 1. The fourth-order valence-corrected chi connectivity index (χ4v) is 4.99. The summed E-state index contributed by atoms with van der Waals surface area (Å²) in [5, 5.41) is 61.5.